The minimum Gasteiger partial charge on any atom is -0.326 e. The first-order valence-electron chi connectivity index (χ1n) is 9.40. The molecule has 0 bridgehead atoms. The molecule has 0 aliphatic heterocycles. The maximum atomic E-state index is 12.4. The molecule has 0 radical (unpaired) electrons. The van der Waals surface area contributed by atoms with Gasteiger partial charge in [-0.2, -0.15) is 4.98 Å². The molecule has 2 heterocycles. The van der Waals surface area contributed by atoms with Gasteiger partial charge in [-0.3, -0.25) is 4.79 Å². The zero-order chi connectivity index (χ0) is 21.3. The Morgan fingerprint density at radius 2 is 1.60 bits per heavy atom. The molecule has 0 atom stereocenters. The fourth-order valence-electron chi connectivity index (χ4n) is 3.27. The van der Waals surface area contributed by atoms with Crippen LogP contribution in [0, 0.1) is 13.8 Å². The molecule has 0 fully saturated rings. The van der Waals surface area contributed by atoms with E-state index in [0.29, 0.717) is 33.8 Å². The van der Waals surface area contributed by atoms with Gasteiger partial charge in [0.2, 0.25) is 5.91 Å². The van der Waals surface area contributed by atoms with E-state index in [1.807, 2.05) is 38.1 Å². The van der Waals surface area contributed by atoms with Gasteiger partial charge in [-0.15, -0.1) is 5.10 Å². The molecule has 0 saturated carbocycles. The fraction of sp³-hybridized carbons (Fsp3) is 0.182. The second-order valence-corrected chi connectivity index (χ2v) is 7.91. The highest BCUT2D eigenvalue weighted by molar-refractivity contribution is 6.30. The number of hydrogen-bond acceptors (Lipinski definition) is 4. The Hall–Kier alpha value is -2.96. The van der Waals surface area contributed by atoms with Crippen molar-refractivity contribution >= 4 is 40.6 Å². The quantitative estimate of drug-likeness (QED) is 0.483. The van der Waals surface area contributed by atoms with Crippen molar-refractivity contribution < 1.29 is 4.79 Å². The number of halogens is 2. The molecule has 30 heavy (non-hydrogen) atoms. The average molecular weight is 440 g/mol. The third-order valence-corrected chi connectivity index (χ3v) is 5.34. The minimum atomic E-state index is -0.205. The summed E-state index contributed by atoms with van der Waals surface area (Å²) < 4.78 is 1.70. The molecule has 8 heteroatoms. The van der Waals surface area contributed by atoms with Crippen LogP contribution in [0.1, 0.15) is 28.3 Å². The van der Waals surface area contributed by atoms with Gasteiger partial charge in [-0.05, 0) is 61.4 Å². The van der Waals surface area contributed by atoms with E-state index in [4.69, 9.17) is 23.2 Å². The van der Waals surface area contributed by atoms with E-state index in [1.54, 1.807) is 28.8 Å². The number of aryl methyl sites for hydroxylation is 2. The number of rotatable bonds is 5. The molecule has 1 amide bonds. The van der Waals surface area contributed by atoms with Crippen LogP contribution in [0.15, 0.2) is 48.5 Å². The maximum Gasteiger partial charge on any atom is 0.252 e. The Morgan fingerprint density at radius 1 is 0.967 bits per heavy atom. The summed E-state index contributed by atoms with van der Waals surface area (Å²) >= 11 is 11.9. The molecular formula is C22H19Cl2N5O. The molecule has 0 saturated heterocycles. The van der Waals surface area contributed by atoms with Crippen molar-refractivity contribution in [2.45, 2.75) is 26.7 Å². The lowest BCUT2D eigenvalue weighted by Crippen LogP contribution is -2.15. The van der Waals surface area contributed by atoms with Crippen LogP contribution in [-0.2, 0) is 17.6 Å². The van der Waals surface area contributed by atoms with Crippen molar-refractivity contribution in [2.75, 3.05) is 5.32 Å². The minimum absolute atomic E-state index is 0.0526. The van der Waals surface area contributed by atoms with Gasteiger partial charge in [0, 0.05) is 33.5 Å². The van der Waals surface area contributed by atoms with Crippen molar-refractivity contribution in [2.24, 2.45) is 0 Å². The van der Waals surface area contributed by atoms with Crippen molar-refractivity contribution in [3.8, 4) is 0 Å². The molecule has 2 aromatic heterocycles. The number of hydrogen-bond donors (Lipinski definition) is 1. The van der Waals surface area contributed by atoms with Gasteiger partial charge in [-0.25, -0.2) is 9.50 Å². The van der Waals surface area contributed by atoms with E-state index < -0.39 is 0 Å². The molecule has 4 rings (SSSR count). The maximum absolute atomic E-state index is 12.4. The Kier molecular flexibility index (Phi) is 5.70. The zero-order valence-electron chi connectivity index (χ0n) is 16.5. The van der Waals surface area contributed by atoms with Crippen LogP contribution in [0.25, 0.3) is 5.78 Å². The van der Waals surface area contributed by atoms with Gasteiger partial charge >= 0.3 is 0 Å². The Labute approximate surface area is 183 Å². The molecule has 152 valence electrons. The van der Waals surface area contributed by atoms with Crippen molar-refractivity contribution in [3.63, 3.8) is 0 Å². The summed E-state index contributed by atoms with van der Waals surface area (Å²) in [5.41, 5.74) is 4.72. The smallest absolute Gasteiger partial charge is 0.252 e. The lowest BCUT2D eigenvalue weighted by Gasteiger charge is -2.10. The van der Waals surface area contributed by atoms with E-state index in [2.05, 4.69) is 20.4 Å². The molecule has 0 unspecified atom stereocenters. The SMILES string of the molecule is Cc1nc2nc(CC(=O)Nc3ccc(Cl)cc3)nn2c(C)c1Cc1ccc(Cl)cc1. The first-order chi connectivity index (χ1) is 14.4. The number of nitrogens with one attached hydrogen (secondary N) is 1. The topological polar surface area (TPSA) is 72.2 Å². The number of fused-ring (bicyclic) bond motifs is 1. The van der Waals surface area contributed by atoms with Crippen LogP contribution >= 0.6 is 23.2 Å². The van der Waals surface area contributed by atoms with Crippen molar-refractivity contribution in [3.05, 3.63) is 86.9 Å². The van der Waals surface area contributed by atoms with Gasteiger partial charge in [0.1, 0.15) is 0 Å². The molecule has 6 nitrogen and oxygen atoms in total. The monoisotopic (exact) mass is 439 g/mol. The van der Waals surface area contributed by atoms with E-state index in [0.717, 1.165) is 22.5 Å². The molecular weight excluding hydrogens is 421 g/mol. The highest BCUT2D eigenvalue weighted by Gasteiger charge is 2.16. The van der Waals surface area contributed by atoms with E-state index in [-0.39, 0.29) is 12.3 Å². The van der Waals surface area contributed by atoms with Crippen molar-refractivity contribution in [1.82, 2.24) is 19.6 Å². The molecule has 0 aliphatic carbocycles. The van der Waals surface area contributed by atoms with Gasteiger partial charge in [-0.1, -0.05) is 35.3 Å². The standard InChI is InChI=1S/C22H19Cl2N5O/c1-13-19(11-15-3-5-16(23)6-4-15)14(2)29-22(25-13)27-20(28-29)12-21(30)26-18-9-7-17(24)8-10-18/h3-10H,11-12H2,1-2H3,(H,26,30). The summed E-state index contributed by atoms with van der Waals surface area (Å²) in [5, 5.41) is 8.64. The third-order valence-electron chi connectivity index (χ3n) is 4.83. The number of benzene rings is 2. The number of carbonyl (C=O) groups is 1. The van der Waals surface area contributed by atoms with Crippen LogP contribution in [0.5, 0.6) is 0 Å². The Morgan fingerprint density at radius 3 is 2.27 bits per heavy atom. The largest absolute Gasteiger partial charge is 0.326 e. The molecule has 4 aromatic rings. The Balaban J connectivity index is 1.56. The first kappa shape index (κ1) is 20.3. The van der Waals surface area contributed by atoms with E-state index in [9.17, 15) is 4.79 Å². The molecule has 1 N–H and O–H groups in total. The first-order valence-corrected chi connectivity index (χ1v) is 10.2. The van der Waals surface area contributed by atoms with Crippen LogP contribution in [0.3, 0.4) is 0 Å². The second-order valence-electron chi connectivity index (χ2n) is 7.04. The van der Waals surface area contributed by atoms with E-state index >= 15 is 0 Å². The van der Waals surface area contributed by atoms with Gasteiger partial charge in [0.25, 0.3) is 5.78 Å². The molecule has 0 aliphatic rings. The van der Waals surface area contributed by atoms with Gasteiger partial charge < -0.3 is 5.32 Å². The normalized spacial score (nSPS) is 11.1. The van der Waals surface area contributed by atoms with Gasteiger partial charge in [0.15, 0.2) is 5.82 Å². The van der Waals surface area contributed by atoms with Crippen molar-refractivity contribution in [1.29, 1.82) is 0 Å². The number of aromatic nitrogens is 4. The summed E-state index contributed by atoms with van der Waals surface area (Å²) in [6, 6.07) is 14.7. The Bertz CT molecular complexity index is 1220. The van der Waals surface area contributed by atoms with Crippen LogP contribution in [0.2, 0.25) is 10.0 Å². The number of amides is 1. The highest BCUT2D eigenvalue weighted by Crippen LogP contribution is 2.20. The van der Waals surface area contributed by atoms with Crippen LogP contribution in [0.4, 0.5) is 5.69 Å². The molecule has 0 spiro atoms. The summed E-state index contributed by atoms with van der Waals surface area (Å²) in [7, 11) is 0. The second kappa shape index (κ2) is 8.42. The van der Waals surface area contributed by atoms with Gasteiger partial charge in [0.05, 0.1) is 6.42 Å². The number of carbonyl (C=O) groups excluding carboxylic acids is 1. The van der Waals surface area contributed by atoms with E-state index in [1.165, 1.54) is 0 Å². The molecule has 2 aromatic carbocycles. The van der Waals surface area contributed by atoms with Crippen LogP contribution in [-0.4, -0.2) is 25.5 Å². The summed E-state index contributed by atoms with van der Waals surface area (Å²) in [4.78, 5) is 21.4. The number of nitrogens with zero attached hydrogens (tertiary/aromatic N) is 4. The predicted molar refractivity (Wildman–Crippen MR) is 118 cm³/mol. The summed E-state index contributed by atoms with van der Waals surface area (Å²) in [6.07, 6.45) is 0.765. The lowest BCUT2D eigenvalue weighted by atomic mass is 10.0. The lowest BCUT2D eigenvalue weighted by molar-refractivity contribution is -0.115. The summed E-state index contributed by atoms with van der Waals surface area (Å²) in [5.74, 6) is 0.697. The fourth-order valence-corrected chi connectivity index (χ4v) is 3.52. The zero-order valence-corrected chi connectivity index (χ0v) is 18.0. The average Bonchev–Trinajstić information content (AvgIpc) is 3.10. The van der Waals surface area contributed by atoms with Crippen LogP contribution < -0.4 is 5.32 Å². The summed E-state index contributed by atoms with van der Waals surface area (Å²) in [6.45, 7) is 3.94. The predicted octanol–water partition coefficient (Wildman–Crippen LogP) is 4.82. The third kappa shape index (κ3) is 4.45. The highest BCUT2D eigenvalue weighted by atomic mass is 35.5. The number of anilines is 1.